The zero-order valence-electron chi connectivity index (χ0n) is 7.53. The second kappa shape index (κ2) is 4.40. The SMILES string of the molecule is CNC(c1cncs1)c1sccc1Cl. The van der Waals surface area contributed by atoms with E-state index in [0.717, 1.165) is 9.90 Å². The van der Waals surface area contributed by atoms with Gasteiger partial charge in [0, 0.05) is 16.0 Å². The second-order valence-electron chi connectivity index (χ2n) is 2.76. The standard InChI is InChI=1S/C9H9ClN2S2/c1-11-8(7-4-12-5-14-7)9-6(10)2-3-13-9/h2-5,8,11H,1H3. The van der Waals surface area contributed by atoms with Crippen LogP contribution in [0.4, 0.5) is 0 Å². The fraction of sp³-hybridized carbons (Fsp3) is 0.222. The highest BCUT2D eigenvalue weighted by Gasteiger charge is 2.17. The van der Waals surface area contributed by atoms with Gasteiger partial charge >= 0.3 is 0 Å². The summed E-state index contributed by atoms with van der Waals surface area (Å²) in [5.41, 5.74) is 1.83. The lowest BCUT2D eigenvalue weighted by molar-refractivity contribution is 0.715. The summed E-state index contributed by atoms with van der Waals surface area (Å²) in [6, 6.07) is 2.10. The molecule has 2 rings (SSSR count). The molecular formula is C9H9ClN2S2. The maximum absolute atomic E-state index is 6.08. The van der Waals surface area contributed by atoms with E-state index in [-0.39, 0.29) is 6.04 Å². The van der Waals surface area contributed by atoms with Crippen LogP contribution in [-0.2, 0) is 0 Å². The van der Waals surface area contributed by atoms with Gasteiger partial charge in [0.1, 0.15) is 0 Å². The largest absolute Gasteiger partial charge is 0.308 e. The van der Waals surface area contributed by atoms with Crippen molar-refractivity contribution in [3.05, 3.63) is 37.9 Å². The van der Waals surface area contributed by atoms with Crippen LogP contribution in [0.1, 0.15) is 15.8 Å². The third-order valence-electron chi connectivity index (χ3n) is 1.93. The zero-order chi connectivity index (χ0) is 9.97. The Morgan fingerprint density at radius 3 is 2.86 bits per heavy atom. The molecule has 2 nitrogen and oxygen atoms in total. The van der Waals surface area contributed by atoms with E-state index in [1.807, 2.05) is 30.2 Å². The summed E-state index contributed by atoms with van der Waals surface area (Å²) >= 11 is 9.39. The molecule has 0 aromatic carbocycles. The van der Waals surface area contributed by atoms with Crippen molar-refractivity contribution in [1.29, 1.82) is 0 Å². The topological polar surface area (TPSA) is 24.9 Å². The molecule has 0 aliphatic carbocycles. The molecule has 1 atom stereocenters. The summed E-state index contributed by atoms with van der Waals surface area (Å²) in [5, 5.41) is 6.07. The molecule has 0 fully saturated rings. The number of hydrogen-bond acceptors (Lipinski definition) is 4. The molecule has 2 aromatic heterocycles. The van der Waals surface area contributed by atoms with Gasteiger partial charge in [-0.15, -0.1) is 22.7 Å². The van der Waals surface area contributed by atoms with E-state index in [1.54, 1.807) is 22.7 Å². The number of thiophene rings is 1. The van der Waals surface area contributed by atoms with Crippen molar-refractivity contribution in [2.24, 2.45) is 0 Å². The highest BCUT2D eigenvalue weighted by Crippen LogP contribution is 2.33. The molecule has 2 heterocycles. The van der Waals surface area contributed by atoms with Crippen molar-refractivity contribution in [3.8, 4) is 0 Å². The first-order valence-electron chi connectivity index (χ1n) is 4.11. The van der Waals surface area contributed by atoms with Crippen LogP contribution >= 0.6 is 34.3 Å². The number of nitrogens with zero attached hydrogens (tertiary/aromatic N) is 1. The quantitative estimate of drug-likeness (QED) is 0.897. The molecular weight excluding hydrogens is 236 g/mol. The first-order valence-corrected chi connectivity index (χ1v) is 6.25. The van der Waals surface area contributed by atoms with Crippen molar-refractivity contribution in [3.63, 3.8) is 0 Å². The highest BCUT2D eigenvalue weighted by atomic mass is 35.5. The van der Waals surface area contributed by atoms with Crippen molar-refractivity contribution in [2.45, 2.75) is 6.04 Å². The third-order valence-corrected chi connectivity index (χ3v) is 4.20. The lowest BCUT2D eigenvalue weighted by atomic mass is 10.2. The Labute approximate surface area is 95.6 Å². The zero-order valence-corrected chi connectivity index (χ0v) is 9.92. The van der Waals surface area contributed by atoms with Crippen LogP contribution in [0, 0.1) is 0 Å². The van der Waals surface area contributed by atoms with Gasteiger partial charge in [-0.2, -0.15) is 0 Å². The molecule has 0 aliphatic rings. The molecule has 1 unspecified atom stereocenters. The van der Waals surface area contributed by atoms with E-state index in [4.69, 9.17) is 11.6 Å². The number of halogens is 1. The molecule has 5 heteroatoms. The average molecular weight is 245 g/mol. The summed E-state index contributed by atoms with van der Waals surface area (Å²) in [7, 11) is 1.93. The molecule has 0 saturated heterocycles. The van der Waals surface area contributed by atoms with Crippen LogP contribution in [0.25, 0.3) is 0 Å². The van der Waals surface area contributed by atoms with Crippen LogP contribution in [0.5, 0.6) is 0 Å². The molecule has 0 saturated carbocycles. The minimum Gasteiger partial charge on any atom is -0.308 e. The van der Waals surface area contributed by atoms with Gasteiger partial charge in [0.15, 0.2) is 0 Å². The third kappa shape index (κ3) is 1.83. The van der Waals surface area contributed by atoms with Gasteiger partial charge in [-0.1, -0.05) is 11.6 Å². The minimum atomic E-state index is 0.176. The van der Waals surface area contributed by atoms with E-state index >= 15 is 0 Å². The molecule has 0 radical (unpaired) electrons. The van der Waals surface area contributed by atoms with Crippen LogP contribution < -0.4 is 5.32 Å². The molecule has 0 spiro atoms. The predicted molar refractivity (Wildman–Crippen MR) is 62.3 cm³/mol. The molecule has 14 heavy (non-hydrogen) atoms. The maximum Gasteiger partial charge on any atom is 0.0795 e. The van der Waals surface area contributed by atoms with Crippen LogP contribution in [-0.4, -0.2) is 12.0 Å². The van der Waals surface area contributed by atoms with Gasteiger partial charge < -0.3 is 5.32 Å². The molecule has 0 aliphatic heterocycles. The van der Waals surface area contributed by atoms with Crippen LogP contribution in [0.15, 0.2) is 23.2 Å². The smallest absolute Gasteiger partial charge is 0.0795 e. The van der Waals surface area contributed by atoms with E-state index < -0.39 is 0 Å². The van der Waals surface area contributed by atoms with Crippen molar-refractivity contribution >= 4 is 34.3 Å². The Hall–Kier alpha value is -0.420. The summed E-state index contributed by atoms with van der Waals surface area (Å²) in [4.78, 5) is 6.41. The minimum absolute atomic E-state index is 0.176. The Balaban J connectivity index is 2.36. The number of nitrogens with one attached hydrogen (secondary N) is 1. The van der Waals surface area contributed by atoms with Crippen molar-refractivity contribution in [2.75, 3.05) is 7.05 Å². The normalized spacial score (nSPS) is 13.0. The lowest BCUT2D eigenvalue weighted by Gasteiger charge is -2.12. The van der Waals surface area contributed by atoms with Crippen molar-refractivity contribution < 1.29 is 0 Å². The van der Waals surface area contributed by atoms with E-state index in [1.165, 1.54) is 4.88 Å². The van der Waals surface area contributed by atoms with Gasteiger partial charge in [0.2, 0.25) is 0 Å². The van der Waals surface area contributed by atoms with Gasteiger partial charge in [-0.3, -0.25) is 4.98 Å². The summed E-state index contributed by atoms with van der Waals surface area (Å²) < 4.78 is 0. The second-order valence-corrected chi connectivity index (χ2v) is 5.03. The summed E-state index contributed by atoms with van der Waals surface area (Å²) in [5.74, 6) is 0. The van der Waals surface area contributed by atoms with Crippen molar-refractivity contribution in [1.82, 2.24) is 10.3 Å². The molecule has 74 valence electrons. The van der Waals surface area contributed by atoms with E-state index in [9.17, 15) is 0 Å². The summed E-state index contributed by atoms with van der Waals surface area (Å²) in [6.45, 7) is 0. The van der Waals surface area contributed by atoms with E-state index in [0.29, 0.717) is 0 Å². The molecule has 1 N–H and O–H groups in total. The highest BCUT2D eigenvalue weighted by molar-refractivity contribution is 7.11. The lowest BCUT2D eigenvalue weighted by Crippen LogP contribution is -2.15. The molecule has 0 amide bonds. The monoisotopic (exact) mass is 244 g/mol. The van der Waals surface area contributed by atoms with Gasteiger partial charge in [-0.05, 0) is 18.5 Å². The Bertz CT molecular complexity index is 397. The first kappa shape index (κ1) is 10.1. The van der Waals surface area contributed by atoms with Gasteiger partial charge in [-0.25, -0.2) is 0 Å². The maximum atomic E-state index is 6.08. The first-order chi connectivity index (χ1) is 6.83. The number of hydrogen-bond donors (Lipinski definition) is 1. The fourth-order valence-corrected chi connectivity index (χ4v) is 3.39. The Morgan fingerprint density at radius 2 is 2.36 bits per heavy atom. The summed E-state index contributed by atoms with van der Waals surface area (Å²) in [6.07, 6.45) is 1.88. The number of thiazole rings is 1. The van der Waals surface area contributed by atoms with Crippen LogP contribution in [0.2, 0.25) is 5.02 Å². The molecule has 2 aromatic rings. The Morgan fingerprint density at radius 1 is 1.50 bits per heavy atom. The Kier molecular flexibility index (Phi) is 3.18. The van der Waals surface area contributed by atoms with Gasteiger partial charge in [0.25, 0.3) is 0 Å². The predicted octanol–water partition coefficient (Wildman–Crippen LogP) is 3.17. The molecule has 0 bridgehead atoms. The van der Waals surface area contributed by atoms with E-state index in [2.05, 4.69) is 10.3 Å². The average Bonchev–Trinajstić information content (AvgIpc) is 2.80. The fourth-order valence-electron chi connectivity index (χ4n) is 1.28. The number of rotatable bonds is 3. The number of aromatic nitrogens is 1. The van der Waals surface area contributed by atoms with Gasteiger partial charge in [0.05, 0.1) is 16.6 Å². The van der Waals surface area contributed by atoms with Crippen LogP contribution in [0.3, 0.4) is 0 Å².